The van der Waals surface area contributed by atoms with Gasteiger partial charge in [-0.05, 0) is 51.1 Å². The molecule has 43 heavy (non-hydrogen) atoms. The van der Waals surface area contributed by atoms with Gasteiger partial charge in [-0.2, -0.15) is 5.10 Å². The highest BCUT2D eigenvalue weighted by Crippen LogP contribution is 2.36. The summed E-state index contributed by atoms with van der Waals surface area (Å²) in [5.41, 5.74) is 4.49. The standard InChI is InChI=1S/C31H39ClN6O4Si/c1-7-40-29(41-8-2)19-37-18-22(16-34-37)26-17-33-25-11-12-28(30(32)31(25)36-26)42-23-9-10-24-27(15-23)38(21(3)35-24)20-39-13-14-43(4,5)6/h9-12,15-18,29H,7-8,13-14,19-20H2,1-6H3. The van der Waals surface area contributed by atoms with Gasteiger partial charge in [-0.3, -0.25) is 9.67 Å². The number of rotatable bonds is 14. The normalized spacial score (nSPS) is 12.2. The zero-order valence-electron chi connectivity index (χ0n) is 25.6. The monoisotopic (exact) mass is 622 g/mol. The van der Waals surface area contributed by atoms with E-state index in [0.29, 0.717) is 59.7 Å². The molecule has 3 aromatic heterocycles. The molecular formula is C31H39ClN6O4Si. The SMILES string of the molecule is CCOC(Cn1cc(-c2cnc3ccc(Oc4ccc5nc(C)n(COCC[Si](C)(C)C)c5c4)c(Cl)c3n2)cn1)OCC. The van der Waals surface area contributed by atoms with Gasteiger partial charge in [0, 0.05) is 45.7 Å². The number of aromatic nitrogens is 6. The number of halogens is 1. The molecule has 5 rings (SSSR count). The second kappa shape index (κ2) is 13.5. The highest BCUT2D eigenvalue weighted by molar-refractivity contribution is 6.76. The molecular weight excluding hydrogens is 584 g/mol. The Morgan fingerprint density at radius 1 is 0.977 bits per heavy atom. The third kappa shape index (κ3) is 7.60. The first kappa shape index (κ1) is 31.1. The molecule has 0 N–H and O–H groups in total. The molecule has 0 fully saturated rings. The summed E-state index contributed by atoms with van der Waals surface area (Å²) < 4.78 is 27.4. The van der Waals surface area contributed by atoms with E-state index >= 15 is 0 Å². The fraction of sp³-hybridized carbons (Fsp3) is 0.419. The lowest BCUT2D eigenvalue weighted by atomic mass is 10.2. The van der Waals surface area contributed by atoms with Crippen molar-refractivity contribution in [2.24, 2.45) is 0 Å². The van der Waals surface area contributed by atoms with Crippen LogP contribution in [0.4, 0.5) is 0 Å². The minimum Gasteiger partial charge on any atom is -0.456 e. The number of ether oxygens (including phenoxy) is 4. The molecule has 0 amide bonds. The lowest BCUT2D eigenvalue weighted by Gasteiger charge is -2.16. The molecule has 0 aliphatic carbocycles. The summed E-state index contributed by atoms with van der Waals surface area (Å²) in [6, 6.07) is 10.6. The second-order valence-electron chi connectivity index (χ2n) is 11.5. The molecule has 0 saturated heterocycles. The Balaban J connectivity index is 1.36. The van der Waals surface area contributed by atoms with Gasteiger partial charge in [0.25, 0.3) is 0 Å². The van der Waals surface area contributed by atoms with Crippen LogP contribution in [0.1, 0.15) is 19.7 Å². The number of nitrogens with zero attached hydrogens (tertiary/aromatic N) is 6. The molecule has 0 saturated carbocycles. The smallest absolute Gasteiger partial charge is 0.176 e. The first-order valence-corrected chi connectivity index (χ1v) is 18.7. The molecule has 0 aliphatic rings. The summed E-state index contributed by atoms with van der Waals surface area (Å²) in [4.78, 5) is 14.1. The predicted octanol–water partition coefficient (Wildman–Crippen LogP) is 7.31. The van der Waals surface area contributed by atoms with Gasteiger partial charge >= 0.3 is 0 Å². The molecule has 12 heteroatoms. The summed E-state index contributed by atoms with van der Waals surface area (Å²) in [6.45, 7) is 15.7. The summed E-state index contributed by atoms with van der Waals surface area (Å²) in [7, 11) is -1.16. The number of fused-ring (bicyclic) bond motifs is 2. The van der Waals surface area contributed by atoms with Gasteiger partial charge in [0.15, 0.2) is 6.29 Å². The maximum absolute atomic E-state index is 6.85. The third-order valence-electron chi connectivity index (χ3n) is 6.94. The van der Waals surface area contributed by atoms with E-state index in [1.165, 1.54) is 0 Å². The van der Waals surface area contributed by atoms with E-state index in [2.05, 4.69) is 34.3 Å². The largest absolute Gasteiger partial charge is 0.456 e. The Morgan fingerprint density at radius 3 is 2.49 bits per heavy atom. The molecule has 5 aromatic rings. The van der Waals surface area contributed by atoms with E-state index in [1.54, 1.807) is 17.1 Å². The first-order chi connectivity index (χ1) is 20.6. The van der Waals surface area contributed by atoms with Gasteiger partial charge in [0.05, 0.1) is 41.2 Å². The average molecular weight is 623 g/mol. The summed E-state index contributed by atoms with van der Waals surface area (Å²) in [5, 5.41) is 4.84. The van der Waals surface area contributed by atoms with Crippen molar-refractivity contribution in [3.63, 3.8) is 0 Å². The molecule has 10 nitrogen and oxygen atoms in total. The van der Waals surface area contributed by atoms with Crippen LogP contribution in [0.15, 0.2) is 48.9 Å². The molecule has 0 unspecified atom stereocenters. The predicted molar refractivity (Wildman–Crippen MR) is 171 cm³/mol. The van der Waals surface area contributed by atoms with E-state index in [9.17, 15) is 0 Å². The van der Waals surface area contributed by atoms with Crippen LogP contribution in [0.5, 0.6) is 11.5 Å². The van der Waals surface area contributed by atoms with Crippen molar-refractivity contribution in [1.82, 2.24) is 29.3 Å². The number of benzene rings is 2. The van der Waals surface area contributed by atoms with Crippen LogP contribution in [0.25, 0.3) is 33.3 Å². The molecule has 2 aromatic carbocycles. The van der Waals surface area contributed by atoms with Crippen molar-refractivity contribution in [3.8, 4) is 22.8 Å². The molecule has 0 atom stereocenters. The Bertz CT molecular complexity index is 1690. The van der Waals surface area contributed by atoms with Crippen LogP contribution < -0.4 is 4.74 Å². The zero-order valence-corrected chi connectivity index (χ0v) is 27.4. The van der Waals surface area contributed by atoms with Gasteiger partial charge in [-0.25, -0.2) is 9.97 Å². The van der Waals surface area contributed by atoms with E-state index in [-0.39, 0.29) is 6.29 Å². The minimum atomic E-state index is -1.16. The van der Waals surface area contributed by atoms with Crippen molar-refractivity contribution in [2.45, 2.75) is 66.0 Å². The van der Waals surface area contributed by atoms with Crippen LogP contribution in [0.2, 0.25) is 30.7 Å². The van der Waals surface area contributed by atoms with Gasteiger partial charge in [-0.15, -0.1) is 0 Å². The van der Waals surface area contributed by atoms with Crippen LogP contribution in [-0.4, -0.2) is 63.5 Å². The maximum atomic E-state index is 6.85. The Morgan fingerprint density at radius 2 is 1.74 bits per heavy atom. The summed E-state index contributed by atoms with van der Waals surface area (Å²) in [6.07, 6.45) is 4.98. The third-order valence-corrected chi connectivity index (χ3v) is 9.01. The van der Waals surface area contributed by atoms with Crippen molar-refractivity contribution in [1.29, 1.82) is 0 Å². The van der Waals surface area contributed by atoms with Gasteiger partial charge in [0.1, 0.15) is 34.6 Å². The molecule has 0 radical (unpaired) electrons. The van der Waals surface area contributed by atoms with Crippen LogP contribution >= 0.6 is 11.6 Å². The van der Waals surface area contributed by atoms with E-state index in [0.717, 1.165) is 35.1 Å². The summed E-state index contributed by atoms with van der Waals surface area (Å²) in [5.74, 6) is 2.02. The lowest BCUT2D eigenvalue weighted by Crippen LogP contribution is -2.23. The number of imidazole rings is 1. The lowest BCUT2D eigenvalue weighted by molar-refractivity contribution is -0.144. The van der Waals surface area contributed by atoms with E-state index in [1.807, 2.05) is 57.3 Å². The molecule has 228 valence electrons. The fourth-order valence-corrected chi connectivity index (χ4v) is 5.63. The van der Waals surface area contributed by atoms with Crippen molar-refractivity contribution < 1.29 is 18.9 Å². The quantitative estimate of drug-likeness (QED) is 0.0722. The minimum absolute atomic E-state index is 0.371. The number of hydrogen-bond donors (Lipinski definition) is 0. The Kier molecular flexibility index (Phi) is 9.77. The van der Waals surface area contributed by atoms with E-state index in [4.69, 9.17) is 40.5 Å². The fourth-order valence-electron chi connectivity index (χ4n) is 4.63. The van der Waals surface area contributed by atoms with Crippen molar-refractivity contribution in [3.05, 3.63) is 59.8 Å². The topological polar surface area (TPSA) is 98.3 Å². The Labute approximate surface area is 257 Å². The molecule has 0 bridgehead atoms. The first-order valence-electron chi connectivity index (χ1n) is 14.6. The van der Waals surface area contributed by atoms with Crippen LogP contribution in [0, 0.1) is 6.92 Å². The zero-order chi connectivity index (χ0) is 30.6. The summed E-state index contributed by atoms with van der Waals surface area (Å²) >= 11 is 6.85. The maximum Gasteiger partial charge on any atom is 0.176 e. The van der Waals surface area contributed by atoms with Crippen LogP contribution in [0.3, 0.4) is 0 Å². The molecule has 0 aliphatic heterocycles. The molecule has 0 spiro atoms. The van der Waals surface area contributed by atoms with Gasteiger partial charge < -0.3 is 23.5 Å². The van der Waals surface area contributed by atoms with Gasteiger partial charge in [0.2, 0.25) is 0 Å². The van der Waals surface area contributed by atoms with Crippen LogP contribution in [-0.2, 0) is 27.5 Å². The highest BCUT2D eigenvalue weighted by Gasteiger charge is 2.16. The Hall–Kier alpha value is -3.35. The van der Waals surface area contributed by atoms with E-state index < -0.39 is 8.07 Å². The number of aryl methyl sites for hydroxylation is 1. The van der Waals surface area contributed by atoms with Crippen molar-refractivity contribution in [2.75, 3.05) is 19.8 Å². The molecule has 3 heterocycles. The second-order valence-corrected chi connectivity index (χ2v) is 17.5. The number of hydrogen-bond acceptors (Lipinski definition) is 8. The van der Waals surface area contributed by atoms with Crippen molar-refractivity contribution >= 4 is 41.7 Å². The highest BCUT2D eigenvalue weighted by atomic mass is 35.5. The average Bonchev–Trinajstić information content (AvgIpc) is 3.56. The van der Waals surface area contributed by atoms with Gasteiger partial charge in [-0.1, -0.05) is 31.2 Å².